The highest BCUT2D eigenvalue weighted by Gasteiger charge is 2.32. The van der Waals surface area contributed by atoms with E-state index in [0.717, 1.165) is 31.5 Å². The molecule has 0 radical (unpaired) electrons. The summed E-state index contributed by atoms with van der Waals surface area (Å²) >= 11 is 6.12. The minimum atomic E-state index is 0.311. The van der Waals surface area contributed by atoms with E-state index >= 15 is 0 Å². The molecule has 1 aromatic rings. The highest BCUT2D eigenvalue weighted by molar-refractivity contribution is 6.28. The number of rotatable bonds is 5. The minimum absolute atomic E-state index is 0.311. The third kappa shape index (κ3) is 3.14. The summed E-state index contributed by atoms with van der Waals surface area (Å²) in [5, 5.41) is 0.311. The van der Waals surface area contributed by atoms with Crippen LogP contribution in [0, 0.1) is 5.92 Å². The Morgan fingerprint density at radius 1 is 1.20 bits per heavy atom. The topological polar surface area (TPSA) is 45.2 Å². The van der Waals surface area contributed by atoms with Gasteiger partial charge in [-0.15, -0.1) is 0 Å². The van der Waals surface area contributed by atoms with Gasteiger partial charge in [0.2, 0.25) is 17.2 Å². The van der Waals surface area contributed by atoms with E-state index in [0.29, 0.717) is 17.2 Å². The zero-order valence-electron chi connectivity index (χ0n) is 12.2. The first-order chi connectivity index (χ1) is 9.63. The summed E-state index contributed by atoms with van der Waals surface area (Å²) in [7, 11) is 0. The summed E-state index contributed by atoms with van der Waals surface area (Å²) in [5.41, 5.74) is 0. The third-order valence-corrected chi connectivity index (χ3v) is 3.95. The standard InChI is InChI=1S/C14H22ClN5/c1-10(2)9-20(11-5-6-11)14-17-12(15)16-13(18-14)19-7-3-4-8-19/h10-11H,3-9H2,1-2H3. The first-order valence-electron chi connectivity index (χ1n) is 7.56. The van der Waals surface area contributed by atoms with Gasteiger partial charge in [-0.25, -0.2) is 0 Å². The van der Waals surface area contributed by atoms with Gasteiger partial charge >= 0.3 is 0 Å². The molecular formula is C14H22ClN5. The van der Waals surface area contributed by atoms with E-state index in [1.54, 1.807) is 0 Å². The van der Waals surface area contributed by atoms with Crippen LogP contribution in [0.15, 0.2) is 0 Å². The molecule has 2 fully saturated rings. The Morgan fingerprint density at radius 2 is 1.90 bits per heavy atom. The molecule has 0 aromatic carbocycles. The first-order valence-corrected chi connectivity index (χ1v) is 7.94. The molecule has 5 nitrogen and oxygen atoms in total. The van der Waals surface area contributed by atoms with Crippen molar-refractivity contribution in [3.05, 3.63) is 5.28 Å². The van der Waals surface area contributed by atoms with Gasteiger partial charge in [0.25, 0.3) is 0 Å². The van der Waals surface area contributed by atoms with Gasteiger partial charge in [-0.2, -0.15) is 15.0 Å². The first kappa shape index (κ1) is 13.9. The van der Waals surface area contributed by atoms with E-state index in [2.05, 4.69) is 38.6 Å². The number of hydrogen-bond acceptors (Lipinski definition) is 5. The van der Waals surface area contributed by atoms with Gasteiger partial charge in [0.05, 0.1) is 0 Å². The molecule has 1 aliphatic carbocycles. The van der Waals surface area contributed by atoms with Crippen LogP contribution >= 0.6 is 11.6 Å². The number of nitrogens with zero attached hydrogens (tertiary/aromatic N) is 5. The zero-order chi connectivity index (χ0) is 14.1. The minimum Gasteiger partial charge on any atom is -0.341 e. The Hall–Kier alpha value is -1.10. The fraction of sp³-hybridized carbons (Fsp3) is 0.786. The molecule has 110 valence electrons. The summed E-state index contributed by atoms with van der Waals surface area (Å²) < 4.78 is 0. The SMILES string of the molecule is CC(C)CN(c1nc(Cl)nc(N2CCCC2)n1)C1CC1. The molecule has 6 heteroatoms. The normalized spacial score (nSPS) is 18.9. The van der Waals surface area contributed by atoms with Gasteiger partial charge in [0, 0.05) is 25.7 Å². The molecule has 1 saturated heterocycles. The summed E-state index contributed by atoms with van der Waals surface area (Å²) in [6, 6.07) is 0.585. The Kier molecular flexibility index (Phi) is 3.96. The Morgan fingerprint density at radius 3 is 2.50 bits per heavy atom. The van der Waals surface area contributed by atoms with Gasteiger partial charge in [-0.3, -0.25) is 0 Å². The maximum absolute atomic E-state index is 6.12. The van der Waals surface area contributed by atoms with Crippen LogP contribution in [0.1, 0.15) is 39.5 Å². The second-order valence-corrected chi connectivity index (χ2v) is 6.51. The van der Waals surface area contributed by atoms with Crippen LogP contribution in [0.4, 0.5) is 11.9 Å². The summed E-state index contributed by atoms with van der Waals surface area (Å²) in [4.78, 5) is 17.8. The molecule has 2 aliphatic rings. The maximum Gasteiger partial charge on any atom is 0.231 e. The van der Waals surface area contributed by atoms with Crippen molar-refractivity contribution in [3.63, 3.8) is 0 Å². The van der Waals surface area contributed by atoms with E-state index in [1.165, 1.54) is 25.7 Å². The van der Waals surface area contributed by atoms with Gasteiger partial charge in [-0.1, -0.05) is 13.8 Å². The van der Waals surface area contributed by atoms with Gasteiger partial charge < -0.3 is 9.80 Å². The predicted octanol–water partition coefficient (Wildman–Crippen LogP) is 2.75. The van der Waals surface area contributed by atoms with Crippen molar-refractivity contribution in [3.8, 4) is 0 Å². The molecule has 0 N–H and O–H groups in total. The van der Waals surface area contributed by atoms with Crippen molar-refractivity contribution in [1.82, 2.24) is 15.0 Å². The zero-order valence-corrected chi connectivity index (χ0v) is 13.0. The average Bonchev–Trinajstić information content (AvgIpc) is 3.08. The molecule has 0 unspecified atom stereocenters. The Bertz CT molecular complexity index is 469. The van der Waals surface area contributed by atoms with E-state index in [9.17, 15) is 0 Å². The number of halogens is 1. The number of anilines is 2. The number of aromatic nitrogens is 3. The molecule has 3 rings (SSSR count). The quantitative estimate of drug-likeness (QED) is 0.836. The van der Waals surface area contributed by atoms with Gasteiger partial charge in [-0.05, 0) is 43.2 Å². The van der Waals surface area contributed by atoms with Crippen LogP contribution in [0.5, 0.6) is 0 Å². The van der Waals surface area contributed by atoms with Crippen LogP contribution in [0.25, 0.3) is 0 Å². The third-order valence-electron chi connectivity index (χ3n) is 3.78. The highest BCUT2D eigenvalue weighted by atomic mass is 35.5. The predicted molar refractivity (Wildman–Crippen MR) is 81.5 cm³/mol. The van der Waals surface area contributed by atoms with Crippen LogP contribution in [0.3, 0.4) is 0 Å². The van der Waals surface area contributed by atoms with Crippen molar-refractivity contribution < 1.29 is 0 Å². The lowest BCUT2D eigenvalue weighted by Gasteiger charge is -2.25. The summed E-state index contributed by atoms with van der Waals surface area (Å²) in [5.74, 6) is 2.08. The largest absolute Gasteiger partial charge is 0.341 e. The second-order valence-electron chi connectivity index (χ2n) is 6.18. The molecule has 2 heterocycles. The van der Waals surface area contributed by atoms with Crippen LogP contribution in [-0.2, 0) is 0 Å². The van der Waals surface area contributed by atoms with Crippen molar-refractivity contribution in [1.29, 1.82) is 0 Å². The average molecular weight is 296 g/mol. The van der Waals surface area contributed by atoms with Crippen molar-refractivity contribution in [2.75, 3.05) is 29.4 Å². The molecular weight excluding hydrogens is 274 g/mol. The Balaban J connectivity index is 1.86. The summed E-state index contributed by atoms with van der Waals surface area (Å²) in [6.45, 7) is 7.46. The molecule has 0 atom stereocenters. The molecule has 0 spiro atoms. The van der Waals surface area contributed by atoms with E-state index in [1.807, 2.05) is 0 Å². The molecule has 1 saturated carbocycles. The molecule has 0 amide bonds. The summed E-state index contributed by atoms with van der Waals surface area (Å²) in [6.07, 6.45) is 4.87. The molecule has 1 aliphatic heterocycles. The molecule has 20 heavy (non-hydrogen) atoms. The Labute approximate surface area is 125 Å². The van der Waals surface area contributed by atoms with Crippen LogP contribution in [0.2, 0.25) is 5.28 Å². The molecule has 1 aromatic heterocycles. The maximum atomic E-state index is 6.12. The van der Waals surface area contributed by atoms with Crippen LogP contribution < -0.4 is 9.80 Å². The fourth-order valence-electron chi connectivity index (χ4n) is 2.69. The molecule has 0 bridgehead atoms. The fourth-order valence-corrected chi connectivity index (χ4v) is 2.84. The van der Waals surface area contributed by atoms with E-state index < -0.39 is 0 Å². The lowest BCUT2D eigenvalue weighted by Crippen LogP contribution is -2.32. The van der Waals surface area contributed by atoms with Crippen LogP contribution in [-0.4, -0.2) is 40.6 Å². The van der Waals surface area contributed by atoms with Gasteiger partial charge in [0.15, 0.2) is 0 Å². The smallest absolute Gasteiger partial charge is 0.231 e. The van der Waals surface area contributed by atoms with Crippen molar-refractivity contribution >= 4 is 23.5 Å². The van der Waals surface area contributed by atoms with Gasteiger partial charge in [0.1, 0.15) is 0 Å². The monoisotopic (exact) mass is 295 g/mol. The van der Waals surface area contributed by atoms with Crippen molar-refractivity contribution in [2.24, 2.45) is 5.92 Å². The van der Waals surface area contributed by atoms with E-state index in [4.69, 9.17) is 11.6 Å². The van der Waals surface area contributed by atoms with E-state index in [-0.39, 0.29) is 0 Å². The second kappa shape index (κ2) is 5.72. The highest BCUT2D eigenvalue weighted by Crippen LogP contribution is 2.31. The van der Waals surface area contributed by atoms with Crippen molar-refractivity contribution in [2.45, 2.75) is 45.6 Å². The lowest BCUT2D eigenvalue weighted by molar-refractivity contribution is 0.595. The lowest BCUT2D eigenvalue weighted by atomic mass is 10.2. The number of hydrogen-bond donors (Lipinski definition) is 0.